The number of aromatic amines is 5. The van der Waals surface area contributed by atoms with Crippen LogP contribution in [-0.2, 0) is 39.7 Å². The Balaban J connectivity index is 0.000000124. The molecule has 0 bridgehead atoms. The Labute approximate surface area is 577 Å². The maximum atomic E-state index is 13.4. The van der Waals surface area contributed by atoms with Crippen LogP contribution in [0.4, 0.5) is 8.78 Å². The summed E-state index contributed by atoms with van der Waals surface area (Å²) >= 11 is 6.06. The fourth-order valence-electron chi connectivity index (χ4n) is 14.6. The van der Waals surface area contributed by atoms with Gasteiger partial charge in [0.05, 0.1) is 18.8 Å². The van der Waals surface area contributed by atoms with E-state index in [0.717, 1.165) is 126 Å². The zero-order valence-electron chi connectivity index (χ0n) is 56.5. The zero-order valence-corrected chi connectivity index (χ0v) is 59.7. The minimum absolute atomic E-state index is 0.136. The number of halogens is 3. The second-order valence-electron chi connectivity index (χ2n) is 26.3. The summed E-state index contributed by atoms with van der Waals surface area (Å²) in [5, 5.41) is 6.26. The normalized spacial score (nSPS) is 17.5. The van der Waals surface area contributed by atoms with E-state index in [2.05, 4.69) is 75.2 Å². The quantitative estimate of drug-likeness (QED) is 0.0980. The van der Waals surface area contributed by atoms with Crippen molar-refractivity contribution in [2.45, 2.75) is 96.8 Å². The van der Waals surface area contributed by atoms with Crippen LogP contribution in [0.1, 0.15) is 122 Å². The number of nitrogens with zero attached hydrogens (tertiary/aromatic N) is 5. The van der Waals surface area contributed by atoms with E-state index in [1.165, 1.54) is 94.9 Å². The number of H-pyrrole nitrogens is 5. The molecule has 10 aromatic rings. The third kappa shape index (κ3) is 16.7. The SMILES string of the molecule is CC(=O)N1CC=C(c2c[nH]c3ccc(Cl)cc23)CC1.CC(=O)N1CCC(c2c[nH]c3ccc(F)cc23)CC1.CS(=O)(=O)N1CCC(c2c[nH]c3ccc(F)cc23)CC1.Cc1[nH]c2ccccc2c1C1=CCN(S(C)(=O)=O)CC1.Cc1[nH]c2ccccc2c1C1CCN(S(C)(=O)=O)CC1. The molecule has 2 amide bonds. The third-order valence-electron chi connectivity index (χ3n) is 19.9. The van der Waals surface area contributed by atoms with Gasteiger partial charge in [-0.2, -0.15) is 4.31 Å². The molecule has 5 aromatic carbocycles. The number of carbonyl (C=O) groups is 2. The second kappa shape index (κ2) is 30.3. The van der Waals surface area contributed by atoms with Gasteiger partial charge in [-0.15, -0.1) is 0 Å². The van der Waals surface area contributed by atoms with Crippen LogP contribution < -0.4 is 0 Å². The molecule has 3 saturated heterocycles. The number of amides is 2. The van der Waals surface area contributed by atoms with Gasteiger partial charge in [-0.3, -0.25) is 9.59 Å². The van der Waals surface area contributed by atoms with Crippen molar-refractivity contribution in [2.24, 2.45) is 0 Å². The van der Waals surface area contributed by atoms with E-state index in [9.17, 15) is 43.6 Å². The van der Waals surface area contributed by atoms with Gasteiger partial charge in [-0.05, 0) is 178 Å². The minimum atomic E-state index is -3.10. The Morgan fingerprint density at radius 3 is 1.43 bits per heavy atom. The molecule has 24 heteroatoms. The van der Waals surface area contributed by atoms with Crippen molar-refractivity contribution in [3.05, 3.63) is 190 Å². The van der Waals surface area contributed by atoms with Crippen LogP contribution in [0.3, 0.4) is 0 Å². The Morgan fingerprint density at radius 1 is 0.459 bits per heavy atom. The molecule has 5 aliphatic rings. The number of sulfonamides is 3. The lowest BCUT2D eigenvalue weighted by atomic mass is 9.88. The average molecular weight is 1410 g/mol. The molecule has 5 aliphatic heterocycles. The number of fused-ring (bicyclic) bond motifs is 5. The first-order chi connectivity index (χ1) is 46.7. The van der Waals surface area contributed by atoms with E-state index in [1.54, 1.807) is 42.4 Å². The molecule has 0 unspecified atom stereocenters. The Bertz CT molecular complexity index is 4970. The molecule has 98 heavy (non-hydrogen) atoms. The summed E-state index contributed by atoms with van der Waals surface area (Å²) in [6.45, 7) is 13.8. The summed E-state index contributed by atoms with van der Waals surface area (Å²) in [5.74, 6) is 0.973. The summed E-state index contributed by atoms with van der Waals surface area (Å²) in [4.78, 5) is 42.8. The van der Waals surface area contributed by atoms with Gasteiger partial charge in [0.25, 0.3) is 0 Å². The van der Waals surface area contributed by atoms with E-state index in [4.69, 9.17) is 11.6 Å². The van der Waals surface area contributed by atoms with Gasteiger partial charge in [0.1, 0.15) is 11.6 Å². The number of aromatic nitrogens is 5. The number of rotatable bonds is 8. The largest absolute Gasteiger partial charge is 0.361 e. The molecule has 5 aromatic heterocycles. The summed E-state index contributed by atoms with van der Waals surface area (Å²) in [7, 11) is -9.24. The highest BCUT2D eigenvalue weighted by Crippen LogP contribution is 2.39. The van der Waals surface area contributed by atoms with Gasteiger partial charge in [-0.25, -0.2) is 42.6 Å². The van der Waals surface area contributed by atoms with Crippen molar-refractivity contribution in [1.82, 2.24) is 47.6 Å². The molecule has 520 valence electrons. The van der Waals surface area contributed by atoms with Crippen LogP contribution >= 0.6 is 11.6 Å². The number of hydrogen-bond donors (Lipinski definition) is 5. The lowest BCUT2D eigenvalue weighted by Gasteiger charge is -2.31. The number of carbonyl (C=O) groups excluding carboxylic acids is 2. The average Bonchev–Trinajstić information content (AvgIpc) is 1.64. The van der Waals surface area contributed by atoms with E-state index >= 15 is 0 Å². The van der Waals surface area contributed by atoms with E-state index in [-0.39, 0.29) is 29.4 Å². The first-order valence-electron chi connectivity index (χ1n) is 33.4. The molecule has 0 atom stereocenters. The van der Waals surface area contributed by atoms with Gasteiger partial charge in [0, 0.05) is 180 Å². The van der Waals surface area contributed by atoms with E-state index in [1.807, 2.05) is 70.9 Å². The van der Waals surface area contributed by atoms with Gasteiger partial charge < -0.3 is 34.7 Å². The monoisotopic (exact) mass is 1410 g/mol. The zero-order chi connectivity index (χ0) is 69.8. The highest BCUT2D eigenvalue weighted by atomic mass is 35.5. The molecule has 0 aliphatic carbocycles. The van der Waals surface area contributed by atoms with Crippen LogP contribution in [0.25, 0.3) is 65.7 Å². The van der Waals surface area contributed by atoms with Crippen molar-refractivity contribution in [1.29, 1.82) is 0 Å². The maximum absolute atomic E-state index is 13.4. The summed E-state index contributed by atoms with van der Waals surface area (Å²) in [6, 6.07) is 32.0. The predicted octanol–water partition coefficient (Wildman–Crippen LogP) is 14.1. The van der Waals surface area contributed by atoms with E-state index in [0.29, 0.717) is 57.6 Å². The number of para-hydroxylation sites is 2. The van der Waals surface area contributed by atoms with Gasteiger partial charge >= 0.3 is 0 Å². The topological polar surface area (TPSA) is 232 Å². The van der Waals surface area contributed by atoms with Crippen LogP contribution in [0.15, 0.2) is 134 Å². The number of benzene rings is 5. The van der Waals surface area contributed by atoms with Crippen molar-refractivity contribution >= 4 is 119 Å². The molecule has 0 saturated carbocycles. The molecule has 5 N–H and O–H groups in total. The molecule has 15 rings (SSSR count). The first-order valence-corrected chi connectivity index (χ1v) is 39.3. The van der Waals surface area contributed by atoms with Crippen molar-refractivity contribution in [3.63, 3.8) is 0 Å². The maximum Gasteiger partial charge on any atom is 0.219 e. The van der Waals surface area contributed by atoms with Crippen molar-refractivity contribution < 1.29 is 43.6 Å². The third-order valence-corrected chi connectivity index (χ3v) is 24.0. The molecule has 10 heterocycles. The fourth-order valence-corrected chi connectivity index (χ4v) is 17.3. The number of piperidine rings is 3. The predicted molar refractivity (Wildman–Crippen MR) is 391 cm³/mol. The van der Waals surface area contributed by atoms with Crippen molar-refractivity contribution in [2.75, 3.05) is 84.2 Å². The summed E-state index contributed by atoms with van der Waals surface area (Å²) in [6.07, 6.45) is 20.8. The smallest absolute Gasteiger partial charge is 0.219 e. The molecular weight excluding hydrogens is 1330 g/mol. The van der Waals surface area contributed by atoms with Gasteiger partial charge in [0.15, 0.2) is 0 Å². The van der Waals surface area contributed by atoms with Crippen LogP contribution in [0, 0.1) is 25.5 Å². The van der Waals surface area contributed by atoms with Crippen molar-refractivity contribution in [3.8, 4) is 0 Å². The minimum Gasteiger partial charge on any atom is -0.361 e. The molecular formula is C74H87ClF2N10O8S3. The molecule has 18 nitrogen and oxygen atoms in total. The fraction of sp³-hybridized carbons (Fsp3) is 0.378. The van der Waals surface area contributed by atoms with Gasteiger partial charge in [-0.1, -0.05) is 60.2 Å². The highest BCUT2D eigenvalue weighted by molar-refractivity contribution is 7.88. The standard InChI is InChI=1S/C15H15ClN2O.C15H17FN2O.C15H20N2O2S.C15H18N2O2S.C14H17FN2O2S/c2*1-10(19)18-6-4-11(5-7-18)14-9-17-15-3-2-12(16)8-13(14)15;2*1-11-15(13-5-3-4-6-14(13)16-11)12-7-9-17(10-8-12)20(2,18)19;1-20(18,19)17-6-4-10(5-7-17)13-9-16-14-3-2-11(15)8-12(13)14/h2-4,8-9,17H,5-7H2,1H3;2-3,8-9,11,17H,4-7H2,1H3;3-6,12,16H,7-10H2,1-2H3;3-7,16H,8-10H2,1-2H3;2-3,8-10,16H,4-7H2,1H3. The lowest BCUT2D eigenvalue weighted by molar-refractivity contribution is -0.130. The Kier molecular flexibility index (Phi) is 22.1. The first kappa shape index (κ1) is 71.4. The molecule has 0 spiro atoms. The van der Waals surface area contributed by atoms with Crippen LogP contribution in [-0.4, -0.2) is 169 Å². The number of hydrogen-bond acceptors (Lipinski definition) is 8. The summed E-state index contributed by atoms with van der Waals surface area (Å²) in [5.41, 5.74) is 16.2. The second-order valence-corrected chi connectivity index (χ2v) is 32.7. The number of nitrogens with one attached hydrogen (secondary N) is 5. The summed E-state index contributed by atoms with van der Waals surface area (Å²) < 4.78 is 101. The number of likely N-dealkylation sites (tertiary alicyclic amines) is 1. The Hall–Kier alpha value is -7.90. The number of aryl methyl sites for hydroxylation is 2. The van der Waals surface area contributed by atoms with Crippen LogP contribution in [0.2, 0.25) is 5.02 Å². The highest BCUT2D eigenvalue weighted by Gasteiger charge is 2.31. The van der Waals surface area contributed by atoms with Gasteiger partial charge in [0.2, 0.25) is 41.9 Å². The van der Waals surface area contributed by atoms with E-state index < -0.39 is 30.1 Å². The lowest BCUT2D eigenvalue weighted by Crippen LogP contribution is -2.37. The Morgan fingerprint density at radius 2 is 0.918 bits per heavy atom. The van der Waals surface area contributed by atoms with Crippen LogP contribution in [0.5, 0.6) is 0 Å². The molecule has 0 radical (unpaired) electrons. The molecule has 3 fully saturated rings.